The Morgan fingerprint density at radius 3 is 2.74 bits per heavy atom. The highest BCUT2D eigenvalue weighted by Gasteiger charge is 2.23. The molecule has 0 unspecified atom stereocenters. The zero-order valence-electron chi connectivity index (χ0n) is 9.96. The topological polar surface area (TPSA) is 107 Å². The van der Waals surface area contributed by atoms with Gasteiger partial charge in [0.05, 0.1) is 17.4 Å². The lowest BCUT2D eigenvalue weighted by molar-refractivity contribution is -0.384. The van der Waals surface area contributed by atoms with Crippen LogP contribution in [-0.2, 0) is 0 Å². The van der Waals surface area contributed by atoms with E-state index in [1.165, 1.54) is 11.9 Å². The molecule has 0 saturated carbocycles. The highest BCUT2D eigenvalue weighted by molar-refractivity contribution is 5.90. The number of rotatable bonds is 5. The van der Waals surface area contributed by atoms with Crippen LogP contribution in [0.4, 0.5) is 15.8 Å². The van der Waals surface area contributed by atoms with Crippen molar-refractivity contribution < 1.29 is 19.2 Å². The van der Waals surface area contributed by atoms with E-state index in [9.17, 15) is 19.3 Å². The Morgan fingerprint density at radius 2 is 2.26 bits per heavy atom. The molecule has 1 aromatic rings. The minimum Gasteiger partial charge on any atom is -0.478 e. The van der Waals surface area contributed by atoms with Crippen LogP contribution < -0.4 is 4.90 Å². The summed E-state index contributed by atoms with van der Waals surface area (Å²) in [6, 6.07) is 3.33. The number of anilines is 1. The Bertz CT molecular complexity index is 568. The molecule has 19 heavy (non-hydrogen) atoms. The fourth-order valence-corrected chi connectivity index (χ4v) is 1.51. The summed E-state index contributed by atoms with van der Waals surface area (Å²) in [5.41, 5.74) is -1.34. The van der Waals surface area contributed by atoms with Crippen LogP contribution >= 0.6 is 0 Å². The Morgan fingerprint density at radius 1 is 1.63 bits per heavy atom. The highest BCUT2D eigenvalue weighted by Crippen LogP contribution is 2.30. The predicted molar refractivity (Wildman–Crippen MR) is 63.5 cm³/mol. The van der Waals surface area contributed by atoms with Crippen LogP contribution in [0.25, 0.3) is 0 Å². The minimum atomic E-state index is -1.58. The van der Waals surface area contributed by atoms with E-state index >= 15 is 0 Å². The first kappa shape index (κ1) is 14.4. The molecule has 0 aliphatic carbocycles. The average Bonchev–Trinajstić information content (AvgIpc) is 2.34. The van der Waals surface area contributed by atoms with Gasteiger partial charge in [-0.05, 0) is 0 Å². The maximum atomic E-state index is 13.5. The third kappa shape index (κ3) is 3.16. The van der Waals surface area contributed by atoms with Crippen LogP contribution in [0.1, 0.15) is 16.8 Å². The molecule has 0 aliphatic heterocycles. The first-order chi connectivity index (χ1) is 8.88. The van der Waals surface area contributed by atoms with Crippen LogP contribution in [0.5, 0.6) is 0 Å². The summed E-state index contributed by atoms with van der Waals surface area (Å²) >= 11 is 0. The molecule has 0 spiro atoms. The van der Waals surface area contributed by atoms with Crippen LogP contribution in [0.3, 0.4) is 0 Å². The van der Waals surface area contributed by atoms with E-state index in [4.69, 9.17) is 10.4 Å². The van der Waals surface area contributed by atoms with Gasteiger partial charge < -0.3 is 10.0 Å². The molecular weight excluding hydrogens is 257 g/mol. The summed E-state index contributed by atoms with van der Waals surface area (Å²) in [6.45, 7) is 0.170. The molecule has 0 fully saturated rings. The molecule has 1 rings (SSSR count). The molecule has 0 bridgehead atoms. The van der Waals surface area contributed by atoms with Gasteiger partial charge in [-0.25, -0.2) is 9.18 Å². The van der Waals surface area contributed by atoms with E-state index < -0.39 is 28.0 Å². The maximum Gasteiger partial charge on any atom is 0.338 e. The van der Waals surface area contributed by atoms with Crippen molar-refractivity contribution in [3.63, 3.8) is 0 Å². The molecule has 0 saturated heterocycles. The third-order valence-corrected chi connectivity index (χ3v) is 2.46. The number of carboxylic acids is 1. The minimum absolute atomic E-state index is 0.0669. The van der Waals surface area contributed by atoms with Crippen molar-refractivity contribution in [2.75, 3.05) is 18.5 Å². The Kier molecular flexibility index (Phi) is 4.36. The molecular formula is C11H10FN3O4. The second kappa shape index (κ2) is 5.77. The lowest BCUT2D eigenvalue weighted by Crippen LogP contribution is -2.20. The quantitative estimate of drug-likeness (QED) is 0.643. The van der Waals surface area contributed by atoms with Gasteiger partial charge in [-0.3, -0.25) is 10.1 Å². The van der Waals surface area contributed by atoms with Gasteiger partial charge >= 0.3 is 5.97 Å². The van der Waals surface area contributed by atoms with Crippen molar-refractivity contribution in [3.05, 3.63) is 33.6 Å². The Hall–Kier alpha value is -2.69. The van der Waals surface area contributed by atoms with E-state index in [1.54, 1.807) is 0 Å². The van der Waals surface area contributed by atoms with Crippen molar-refractivity contribution in [2.45, 2.75) is 6.42 Å². The van der Waals surface area contributed by atoms with Crippen molar-refractivity contribution >= 4 is 17.3 Å². The number of hydrogen-bond donors (Lipinski definition) is 1. The molecule has 0 radical (unpaired) electrons. The molecule has 1 aromatic carbocycles. The van der Waals surface area contributed by atoms with Gasteiger partial charge in [0, 0.05) is 25.7 Å². The lowest BCUT2D eigenvalue weighted by atomic mass is 10.1. The number of hydrogen-bond acceptors (Lipinski definition) is 5. The summed E-state index contributed by atoms with van der Waals surface area (Å²) in [6.07, 6.45) is 0.107. The number of aromatic carboxylic acids is 1. The van der Waals surface area contributed by atoms with Crippen LogP contribution in [0.2, 0.25) is 0 Å². The van der Waals surface area contributed by atoms with Gasteiger partial charge in [-0.2, -0.15) is 5.26 Å². The maximum absolute atomic E-state index is 13.5. The summed E-state index contributed by atoms with van der Waals surface area (Å²) in [4.78, 5) is 22.2. The highest BCUT2D eigenvalue weighted by atomic mass is 19.1. The fraction of sp³-hybridized carbons (Fsp3) is 0.273. The van der Waals surface area contributed by atoms with Crippen LogP contribution in [0, 0.1) is 27.3 Å². The first-order valence-corrected chi connectivity index (χ1v) is 5.17. The second-order valence-electron chi connectivity index (χ2n) is 3.71. The largest absolute Gasteiger partial charge is 0.478 e. The number of nitriles is 1. The normalized spacial score (nSPS) is 9.74. The smallest absolute Gasteiger partial charge is 0.338 e. The predicted octanol–water partition coefficient (Wildman–Crippen LogP) is 1.78. The van der Waals surface area contributed by atoms with E-state index in [-0.39, 0.29) is 18.7 Å². The summed E-state index contributed by atoms with van der Waals surface area (Å²) in [7, 11) is 1.46. The number of nitro groups is 1. The fourth-order valence-electron chi connectivity index (χ4n) is 1.51. The standard InChI is InChI=1S/C11H10FN3O4/c1-14(4-2-3-13)9-6-8(12)7(11(16)17)5-10(9)15(18)19/h5-6H,2,4H2,1H3,(H,16,17). The zero-order valence-corrected chi connectivity index (χ0v) is 9.96. The van der Waals surface area contributed by atoms with E-state index in [2.05, 4.69) is 0 Å². The number of carboxylic acid groups (broad SMARTS) is 1. The molecule has 0 amide bonds. The first-order valence-electron chi connectivity index (χ1n) is 5.17. The van der Waals surface area contributed by atoms with Gasteiger partial charge in [-0.15, -0.1) is 0 Å². The van der Waals surface area contributed by atoms with Gasteiger partial charge in [0.2, 0.25) is 0 Å². The lowest BCUT2D eigenvalue weighted by Gasteiger charge is -2.18. The SMILES string of the molecule is CN(CCC#N)c1cc(F)c(C(=O)O)cc1[N+](=O)[O-]. The Balaban J connectivity index is 3.31. The number of benzene rings is 1. The molecule has 1 N–H and O–H groups in total. The van der Waals surface area contributed by atoms with Crippen molar-refractivity contribution in [1.82, 2.24) is 0 Å². The molecule has 100 valence electrons. The van der Waals surface area contributed by atoms with Crippen LogP contribution in [-0.4, -0.2) is 29.6 Å². The van der Waals surface area contributed by atoms with Crippen LogP contribution in [0.15, 0.2) is 12.1 Å². The second-order valence-corrected chi connectivity index (χ2v) is 3.71. The van der Waals surface area contributed by atoms with Crippen molar-refractivity contribution in [2.24, 2.45) is 0 Å². The van der Waals surface area contributed by atoms with Gasteiger partial charge in [0.1, 0.15) is 17.1 Å². The molecule has 7 nitrogen and oxygen atoms in total. The van der Waals surface area contributed by atoms with Gasteiger partial charge in [0.15, 0.2) is 0 Å². The summed E-state index contributed by atoms with van der Waals surface area (Å²) < 4.78 is 13.5. The van der Waals surface area contributed by atoms with E-state index in [0.717, 1.165) is 6.07 Å². The molecule has 0 aliphatic rings. The zero-order chi connectivity index (χ0) is 14.6. The summed E-state index contributed by atoms with van der Waals surface area (Å²) in [5, 5.41) is 28.1. The Labute approximate surface area is 107 Å². The molecule has 0 atom stereocenters. The molecule has 0 heterocycles. The van der Waals surface area contributed by atoms with Gasteiger partial charge in [0.25, 0.3) is 5.69 Å². The van der Waals surface area contributed by atoms with E-state index in [1.807, 2.05) is 6.07 Å². The number of halogens is 1. The van der Waals surface area contributed by atoms with Crippen molar-refractivity contribution in [1.29, 1.82) is 5.26 Å². The average molecular weight is 267 g/mol. The number of nitro benzene ring substituents is 1. The van der Waals surface area contributed by atoms with Crippen molar-refractivity contribution in [3.8, 4) is 6.07 Å². The summed E-state index contributed by atoms with van der Waals surface area (Å²) in [5.74, 6) is -2.64. The number of carbonyl (C=O) groups is 1. The van der Waals surface area contributed by atoms with E-state index in [0.29, 0.717) is 6.07 Å². The molecule has 8 heteroatoms. The third-order valence-electron chi connectivity index (χ3n) is 2.46. The molecule has 0 aromatic heterocycles. The monoisotopic (exact) mass is 267 g/mol. The number of nitrogens with zero attached hydrogens (tertiary/aromatic N) is 3. The van der Waals surface area contributed by atoms with Gasteiger partial charge in [-0.1, -0.05) is 0 Å².